The lowest BCUT2D eigenvalue weighted by Crippen LogP contribution is -2.20. The van der Waals surface area contributed by atoms with Crippen LogP contribution in [0.4, 0.5) is 5.69 Å². The van der Waals surface area contributed by atoms with Crippen molar-refractivity contribution in [3.8, 4) is 11.5 Å². The zero-order chi connectivity index (χ0) is 22.5. The van der Waals surface area contributed by atoms with Crippen molar-refractivity contribution in [2.45, 2.75) is 53.6 Å². The molecular weight excluding hydrogens is 380 g/mol. The summed E-state index contributed by atoms with van der Waals surface area (Å²) in [6, 6.07) is 11.3. The van der Waals surface area contributed by atoms with Gasteiger partial charge in [0.15, 0.2) is 6.61 Å². The summed E-state index contributed by atoms with van der Waals surface area (Å²) in [5.41, 5.74) is 8.62. The third-order valence-electron chi connectivity index (χ3n) is 4.28. The Morgan fingerprint density at radius 2 is 1.73 bits per heavy atom. The van der Waals surface area contributed by atoms with Gasteiger partial charge in [0.25, 0.3) is 5.91 Å². The highest BCUT2D eigenvalue weighted by Crippen LogP contribution is 2.27. The lowest BCUT2D eigenvalue weighted by atomic mass is 10.1. The molecule has 2 rings (SSSR count). The summed E-state index contributed by atoms with van der Waals surface area (Å²) >= 11 is 0. The number of rotatable bonds is 9. The molecule has 0 bridgehead atoms. The standard InChI is InChI=1S/C21H27NO4.C3H9N/c1-5-18(23)12-26-21-15(3)10-17(11-16(21)4)22-20(24)13-25-19-8-6-7-14(2)9-19;1-2-3-4/h6-11,18,23H,5,12-13H2,1-4H3,(H,22,24);2-4H2,1H3. The van der Waals surface area contributed by atoms with Crippen LogP contribution >= 0.6 is 0 Å². The summed E-state index contributed by atoms with van der Waals surface area (Å²) in [4.78, 5) is 12.1. The van der Waals surface area contributed by atoms with Crippen LogP contribution in [0.5, 0.6) is 11.5 Å². The monoisotopic (exact) mass is 416 g/mol. The summed E-state index contributed by atoms with van der Waals surface area (Å²) < 4.78 is 11.2. The molecule has 0 saturated heterocycles. The van der Waals surface area contributed by atoms with Gasteiger partial charge >= 0.3 is 0 Å². The number of carbonyl (C=O) groups excluding carboxylic acids is 1. The molecule has 30 heavy (non-hydrogen) atoms. The number of hydrogen-bond acceptors (Lipinski definition) is 5. The van der Waals surface area contributed by atoms with Crippen molar-refractivity contribution in [3.05, 3.63) is 53.1 Å². The molecule has 2 aromatic rings. The zero-order valence-corrected chi connectivity index (χ0v) is 18.8. The van der Waals surface area contributed by atoms with Crippen LogP contribution in [0, 0.1) is 20.8 Å². The number of aryl methyl sites for hydroxylation is 3. The van der Waals surface area contributed by atoms with Gasteiger partial charge < -0.3 is 25.6 Å². The molecule has 166 valence electrons. The third-order valence-corrected chi connectivity index (χ3v) is 4.28. The normalized spacial score (nSPS) is 11.2. The van der Waals surface area contributed by atoms with Gasteiger partial charge in [0, 0.05) is 5.69 Å². The van der Waals surface area contributed by atoms with Crippen LogP contribution < -0.4 is 20.5 Å². The van der Waals surface area contributed by atoms with E-state index in [1.54, 1.807) is 0 Å². The first-order chi connectivity index (χ1) is 14.3. The number of ether oxygens (including phenoxy) is 2. The second kappa shape index (κ2) is 13.6. The quantitative estimate of drug-likeness (QED) is 0.571. The van der Waals surface area contributed by atoms with E-state index in [0.29, 0.717) is 17.9 Å². The van der Waals surface area contributed by atoms with Gasteiger partial charge in [-0.1, -0.05) is 26.0 Å². The van der Waals surface area contributed by atoms with E-state index in [0.717, 1.165) is 35.4 Å². The minimum atomic E-state index is -0.480. The number of hydrogen-bond donors (Lipinski definition) is 3. The van der Waals surface area contributed by atoms with Crippen LogP contribution in [0.1, 0.15) is 43.4 Å². The number of anilines is 1. The summed E-state index contributed by atoms with van der Waals surface area (Å²) in [6.07, 6.45) is 1.26. The molecule has 0 aromatic heterocycles. The fourth-order valence-corrected chi connectivity index (χ4v) is 2.60. The molecule has 4 N–H and O–H groups in total. The molecule has 6 heteroatoms. The molecule has 2 aromatic carbocycles. The summed E-state index contributed by atoms with van der Waals surface area (Å²) in [5.74, 6) is 1.19. The third kappa shape index (κ3) is 9.29. The smallest absolute Gasteiger partial charge is 0.262 e. The fraction of sp³-hybridized carbons (Fsp3) is 0.458. The van der Waals surface area contributed by atoms with Gasteiger partial charge in [-0.3, -0.25) is 4.79 Å². The number of benzene rings is 2. The summed E-state index contributed by atoms with van der Waals surface area (Å²) in [5, 5.41) is 12.5. The minimum Gasteiger partial charge on any atom is -0.490 e. The van der Waals surface area contributed by atoms with Crippen molar-refractivity contribution in [2.75, 3.05) is 25.1 Å². The van der Waals surface area contributed by atoms with Crippen molar-refractivity contribution >= 4 is 11.6 Å². The lowest BCUT2D eigenvalue weighted by molar-refractivity contribution is -0.118. The summed E-state index contributed by atoms with van der Waals surface area (Å²) in [6.45, 7) is 10.8. The maximum absolute atomic E-state index is 12.1. The Morgan fingerprint density at radius 3 is 2.27 bits per heavy atom. The second-order valence-electron chi connectivity index (χ2n) is 7.25. The Bertz CT molecular complexity index is 768. The number of aliphatic hydroxyl groups is 1. The number of nitrogens with one attached hydrogen (secondary N) is 1. The topological polar surface area (TPSA) is 93.8 Å². The highest BCUT2D eigenvalue weighted by Gasteiger charge is 2.11. The van der Waals surface area contributed by atoms with E-state index in [9.17, 15) is 9.90 Å². The van der Waals surface area contributed by atoms with Crippen molar-refractivity contribution in [1.82, 2.24) is 0 Å². The Hall–Kier alpha value is -2.57. The predicted molar refractivity (Wildman–Crippen MR) is 122 cm³/mol. The Labute approximate surface area is 180 Å². The molecule has 0 radical (unpaired) electrons. The molecule has 1 amide bonds. The van der Waals surface area contributed by atoms with Crippen molar-refractivity contribution in [1.29, 1.82) is 0 Å². The van der Waals surface area contributed by atoms with E-state index in [1.165, 1.54) is 0 Å². The first-order valence-electron chi connectivity index (χ1n) is 10.4. The maximum atomic E-state index is 12.1. The number of aliphatic hydroxyl groups excluding tert-OH is 1. The first kappa shape index (κ1) is 25.5. The van der Waals surface area contributed by atoms with Crippen LogP contribution in [0.15, 0.2) is 36.4 Å². The van der Waals surface area contributed by atoms with E-state index in [1.807, 2.05) is 64.1 Å². The van der Waals surface area contributed by atoms with Gasteiger partial charge in [0.05, 0.1) is 6.10 Å². The van der Waals surface area contributed by atoms with Gasteiger partial charge in [-0.25, -0.2) is 0 Å². The average Bonchev–Trinajstić information content (AvgIpc) is 2.71. The minimum absolute atomic E-state index is 0.0531. The van der Waals surface area contributed by atoms with Gasteiger partial charge in [-0.15, -0.1) is 0 Å². The largest absolute Gasteiger partial charge is 0.490 e. The highest BCUT2D eigenvalue weighted by molar-refractivity contribution is 5.92. The van der Waals surface area contributed by atoms with Crippen molar-refractivity contribution in [3.63, 3.8) is 0 Å². The molecule has 0 saturated carbocycles. The Morgan fingerprint density at radius 1 is 1.10 bits per heavy atom. The lowest BCUT2D eigenvalue weighted by Gasteiger charge is -2.16. The predicted octanol–water partition coefficient (Wildman–Crippen LogP) is 4.13. The summed E-state index contributed by atoms with van der Waals surface area (Å²) in [7, 11) is 0. The molecule has 0 spiro atoms. The molecule has 0 fully saturated rings. The van der Waals surface area contributed by atoms with Gasteiger partial charge in [-0.2, -0.15) is 0 Å². The zero-order valence-electron chi connectivity index (χ0n) is 18.8. The van der Waals surface area contributed by atoms with Gasteiger partial charge in [0.1, 0.15) is 18.1 Å². The van der Waals surface area contributed by atoms with E-state index in [-0.39, 0.29) is 19.1 Å². The fourth-order valence-electron chi connectivity index (χ4n) is 2.60. The van der Waals surface area contributed by atoms with E-state index in [2.05, 4.69) is 12.2 Å². The molecule has 6 nitrogen and oxygen atoms in total. The van der Waals surface area contributed by atoms with Crippen LogP contribution in [0.2, 0.25) is 0 Å². The SMILES string of the molecule is CCC(O)COc1c(C)cc(NC(=O)COc2cccc(C)c2)cc1C.CCCN. The van der Waals surface area contributed by atoms with Crippen molar-refractivity contribution < 1.29 is 19.4 Å². The highest BCUT2D eigenvalue weighted by atomic mass is 16.5. The maximum Gasteiger partial charge on any atom is 0.262 e. The van der Waals surface area contributed by atoms with E-state index in [4.69, 9.17) is 15.2 Å². The molecule has 0 aliphatic rings. The van der Waals surface area contributed by atoms with Gasteiger partial charge in [-0.05, 0) is 81.1 Å². The van der Waals surface area contributed by atoms with Gasteiger partial charge in [0.2, 0.25) is 0 Å². The Kier molecular flexibility index (Phi) is 11.6. The van der Waals surface area contributed by atoms with Crippen LogP contribution in [-0.4, -0.2) is 36.9 Å². The molecule has 0 aliphatic heterocycles. The average molecular weight is 417 g/mol. The van der Waals surface area contributed by atoms with E-state index >= 15 is 0 Å². The van der Waals surface area contributed by atoms with Crippen LogP contribution in [-0.2, 0) is 4.79 Å². The molecule has 1 atom stereocenters. The number of nitrogens with two attached hydrogens (primary N) is 1. The number of carbonyl (C=O) groups is 1. The van der Waals surface area contributed by atoms with Crippen molar-refractivity contribution in [2.24, 2.45) is 5.73 Å². The number of amides is 1. The van der Waals surface area contributed by atoms with Crippen LogP contribution in [0.25, 0.3) is 0 Å². The molecule has 0 aliphatic carbocycles. The van der Waals surface area contributed by atoms with E-state index < -0.39 is 6.10 Å². The molecule has 0 heterocycles. The second-order valence-corrected chi connectivity index (χ2v) is 7.25. The first-order valence-corrected chi connectivity index (χ1v) is 10.4. The molecular formula is C24H36N2O4. The Balaban J connectivity index is 0.00000103. The molecule has 1 unspecified atom stereocenters. The van der Waals surface area contributed by atoms with Crippen LogP contribution in [0.3, 0.4) is 0 Å².